The summed E-state index contributed by atoms with van der Waals surface area (Å²) >= 11 is 0. The van der Waals surface area contributed by atoms with E-state index in [9.17, 15) is 24.3 Å². The minimum atomic E-state index is -1.22. The Morgan fingerprint density at radius 3 is 1.65 bits per heavy atom. The van der Waals surface area contributed by atoms with E-state index in [1.165, 1.54) is 38.4 Å². The maximum Gasteiger partial charge on any atom is 0.407 e. The molecule has 20 heteroatoms. The fourth-order valence-corrected chi connectivity index (χ4v) is 11.6. The lowest BCUT2D eigenvalue weighted by molar-refractivity contribution is -0.138. The van der Waals surface area contributed by atoms with Crippen LogP contribution in [0.5, 0.6) is 0 Å². The molecule has 4 aliphatic rings. The van der Waals surface area contributed by atoms with Crippen molar-refractivity contribution in [2.75, 3.05) is 50.1 Å². The summed E-state index contributed by atoms with van der Waals surface area (Å²) in [6.45, 7) is 9.01. The summed E-state index contributed by atoms with van der Waals surface area (Å²) in [6.07, 6.45) is 3.55. The molecule has 4 fully saturated rings. The predicted octanol–water partition coefficient (Wildman–Crippen LogP) is 9.41. The second-order valence-electron chi connectivity index (χ2n) is 20.2. The van der Waals surface area contributed by atoms with Crippen molar-refractivity contribution in [1.29, 1.82) is 0 Å². The molecule has 5 aromatic rings. The molecule has 0 aliphatic carbocycles. The van der Waals surface area contributed by atoms with Crippen LogP contribution < -0.4 is 15.1 Å². The summed E-state index contributed by atoms with van der Waals surface area (Å²) in [4.78, 5) is 75.9. The number of likely N-dealkylation sites (tertiary alicyclic amines) is 2. The summed E-state index contributed by atoms with van der Waals surface area (Å²) in [5.74, 6) is -3.17. The Morgan fingerprint density at radius 2 is 1.18 bits per heavy atom. The van der Waals surface area contributed by atoms with Crippen molar-refractivity contribution >= 4 is 57.4 Å². The van der Waals surface area contributed by atoms with Gasteiger partial charge in [0.05, 0.1) is 53.3 Å². The molecule has 16 nitrogen and oxygen atoms in total. The minimum Gasteiger partial charge on any atom is -0.465 e. The first-order chi connectivity index (χ1) is 33.9. The molecule has 6 atom stereocenters. The largest absolute Gasteiger partial charge is 0.465 e. The van der Waals surface area contributed by atoms with Crippen LogP contribution in [0.2, 0.25) is 0 Å². The van der Waals surface area contributed by atoms with E-state index < -0.39 is 71.7 Å². The number of amides is 4. The van der Waals surface area contributed by atoms with Gasteiger partial charge in [-0.2, -0.15) is 0 Å². The lowest BCUT2D eigenvalue weighted by Crippen LogP contribution is -2.51. The van der Waals surface area contributed by atoms with Crippen molar-refractivity contribution in [3.63, 3.8) is 0 Å². The average molecular weight is 987 g/mol. The van der Waals surface area contributed by atoms with Crippen molar-refractivity contribution in [3.05, 3.63) is 82.4 Å². The normalized spacial score (nSPS) is 21.5. The number of fused-ring (bicyclic) bond motifs is 2. The van der Waals surface area contributed by atoms with E-state index in [1.807, 2.05) is 13.8 Å². The Labute approximate surface area is 409 Å². The monoisotopic (exact) mass is 986 g/mol. The van der Waals surface area contributed by atoms with E-state index in [-0.39, 0.29) is 59.0 Å². The van der Waals surface area contributed by atoms with E-state index in [4.69, 9.17) is 14.7 Å². The number of ether oxygens (including phenoxy) is 1. The van der Waals surface area contributed by atoms with Gasteiger partial charge in [0.25, 0.3) is 0 Å². The number of H-pyrrole nitrogens is 2. The number of imidazole rings is 2. The third kappa shape index (κ3) is 9.29. The summed E-state index contributed by atoms with van der Waals surface area (Å²) in [5, 5.41) is 12.4. The SMILES string of the molecule is COC(=O)N[C@H](C(=O)N1CCC[C@H]1c1nc2cc([C@H]3CC[C@H](c4cc5nc([C@@H]6CCCN6C(=O)[C@H](C(C)C)N(C)C(=O)O)[nH]c5cc4F)N3c3cc(F)c(N4CCCCC4)c(F)c3)c(F)cc2[nH]1)C(C)C. The molecule has 0 bridgehead atoms. The minimum absolute atomic E-state index is 0.101. The lowest BCUT2D eigenvalue weighted by atomic mass is 10.0. The number of hydrogen-bond donors (Lipinski definition) is 4. The van der Waals surface area contributed by atoms with Gasteiger partial charge in [0, 0.05) is 50.0 Å². The lowest BCUT2D eigenvalue weighted by Gasteiger charge is -2.35. The molecule has 4 aliphatic heterocycles. The second kappa shape index (κ2) is 19.9. The van der Waals surface area contributed by atoms with Crippen LogP contribution in [-0.2, 0) is 14.3 Å². The summed E-state index contributed by atoms with van der Waals surface area (Å²) in [5.41, 5.74) is 1.85. The first-order valence-corrected chi connectivity index (χ1v) is 24.8. The Bertz CT molecular complexity index is 2830. The number of rotatable bonds is 12. The van der Waals surface area contributed by atoms with E-state index in [0.717, 1.165) is 24.2 Å². The van der Waals surface area contributed by atoms with Gasteiger partial charge >= 0.3 is 12.2 Å². The number of aromatic nitrogens is 4. The Hall–Kier alpha value is -6.60. The number of halogens is 4. The van der Waals surface area contributed by atoms with Crippen molar-refractivity contribution in [2.24, 2.45) is 11.8 Å². The number of hydrogen-bond acceptors (Lipinski definition) is 9. The molecule has 4 N–H and O–H groups in total. The number of anilines is 2. The van der Waals surface area contributed by atoms with Crippen LogP contribution in [0.4, 0.5) is 38.5 Å². The van der Waals surface area contributed by atoms with Gasteiger partial charge < -0.3 is 44.7 Å². The molecule has 71 heavy (non-hydrogen) atoms. The molecule has 9 rings (SSSR count). The third-order valence-electron chi connectivity index (χ3n) is 15.0. The van der Waals surface area contributed by atoms with Crippen LogP contribution in [0.25, 0.3) is 22.1 Å². The van der Waals surface area contributed by atoms with Gasteiger partial charge in [-0.3, -0.25) is 14.5 Å². The van der Waals surface area contributed by atoms with Crippen molar-refractivity contribution in [1.82, 2.24) is 40.0 Å². The molecule has 6 heterocycles. The fraction of sp³-hybridized carbons (Fsp3) is 0.529. The van der Waals surface area contributed by atoms with Gasteiger partial charge in [-0.05, 0) is 106 Å². The molecule has 3 aromatic carbocycles. The number of piperidine rings is 1. The predicted molar refractivity (Wildman–Crippen MR) is 258 cm³/mol. The molecule has 0 saturated carbocycles. The highest BCUT2D eigenvalue weighted by Crippen LogP contribution is 2.50. The van der Waals surface area contributed by atoms with Crippen molar-refractivity contribution < 1.29 is 46.6 Å². The zero-order valence-electron chi connectivity index (χ0n) is 40.9. The van der Waals surface area contributed by atoms with Gasteiger partial charge in [-0.1, -0.05) is 27.7 Å². The number of carbonyl (C=O) groups excluding carboxylic acids is 3. The zero-order valence-corrected chi connectivity index (χ0v) is 40.9. The number of nitrogens with one attached hydrogen (secondary N) is 3. The maximum absolute atomic E-state index is 16.8. The average Bonchev–Trinajstić information content (AvgIpc) is 4.19. The van der Waals surface area contributed by atoms with Crippen LogP contribution in [0.1, 0.15) is 132 Å². The van der Waals surface area contributed by atoms with E-state index in [2.05, 4.69) is 15.3 Å². The molecule has 2 aromatic heterocycles. The quantitative estimate of drug-likeness (QED) is 0.0879. The highest BCUT2D eigenvalue weighted by molar-refractivity contribution is 5.87. The van der Waals surface area contributed by atoms with Crippen LogP contribution in [0.15, 0.2) is 36.4 Å². The first-order valence-electron chi connectivity index (χ1n) is 24.8. The summed E-state index contributed by atoms with van der Waals surface area (Å²) in [6, 6.07) is 3.82. The van der Waals surface area contributed by atoms with E-state index in [0.29, 0.717) is 85.6 Å². The number of alkyl carbamates (subject to hydrolysis) is 1. The summed E-state index contributed by atoms with van der Waals surface area (Å²) < 4.78 is 71.2. The number of carbonyl (C=O) groups is 4. The van der Waals surface area contributed by atoms with Crippen molar-refractivity contribution in [2.45, 2.75) is 122 Å². The number of likely N-dealkylation sites (N-methyl/N-ethyl adjacent to an activating group) is 1. The first kappa shape index (κ1) is 49.4. The van der Waals surface area contributed by atoms with E-state index in [1.54, 1.807) is 45.6 Å². The number of aromatic amines is 2. The van der Waals surface area contributed by atoms with E-state index >= 15 is 17.6 Å². The molecule has 4 amide bonds. The van der Waals surface area contributed by atoms with Crippen LogP contribution in [-0.4, -0.2) is 116 Å². The molecule has 0 radical (unpaired) electrons. The highest BCUT2D eigenvalue weighted by atomic mass is 19.1. The number of benzene rings is 3. The molecule has 0 spiro atoms. The number of methoxy groups -OCH3 is 1. The highest BCUT2D eigenvalue weighted by Gasteiger charge is 2.43. The molecular formula is C51H62F4N10O6. The molecular weight excluding hydrogens is 925 g/mol. The molecule has 4 saturated heterocycles. The Kier molecular flexibility index (Phi) is 13.8. The Morgan fingerprint density at radius 1 is 0.676 bits per heavy atom. The second-order valence-corrected chi connectivity index (χ2v) is 20.2. The topological polar surface area (TPSA) is 183 Å². The van der Waals surface area contributed by atoms with Gasteiger partial charge in [0.2, 0.25) is 11.8 Å². The van der Waals surface area contributed by atoms with Crippen molar-refractivity contribution in [3.8, 4) is 0 Å². The van der Waals surface area contributed by atoms with Crippen LogP contribution >= 0.6 is 0 Å². The zero-order chi connectivity index (χ0) is 50.6. The van der Waals surface area contributed by atoms with Gasteiger partial charge in [-0.15, -0.1) is 0 Å². The summed E-state index contributed by atoms with van der Waals surface area (Å²) in [7, 11) is 2.60. The van der Waals surface area contributed by atoms with Crippen LogP contribution in [0, 0.1) is 35.1 Å². The van der Waals surface area contributed by atoms with Gasteiger partial charge in [0.1, 0.15) is 41.1 Å². The van der Waals surface area contributed by atoms with Crippen LogP contribution in [0.3, 0.4) is 0 Å². The number of nitrogens with zero attached hydrogens (tertiary/aromatic N) is 7. The van der Waals surface area contributed by atoms with Gasteiger partial charge in [0.15, 0.2) is 11.6 Å². The smallest absolute Gasteiger partial charge is 0.407 e. The molecule has 0 unspecified atom stereocenters. The Balaban J connectivity index is 1.07. The standard InChI is InChI=1S/C51H62F4N10O6/c1-26(2)43(60-50(68)71-6)48(66)63-18-10-12-41(63)46-56-35-22-29(31(52)24-37(35)58-46)39-14-15-40(65(39)28-20-33(54)45(34(55)21-28)62-16-8-7-9-17-62)30-23-36-38(25-32(30)53)59-47(57-36)42-13-11-19-64(42)49(67)44(27(3)4)61(5)51(69)70/h20-27,39-44H,7-19H2,1-6H3,(H,56,58)(H,57,59)(H,60,68)(H,69,70)/t39-,40-,41+,42+,43+,44+/m1/s1. The third-order valence-corrected chi connectivity index (χ3v) is 15.0. The number of carboxylic acid groups (broad SMARTS) is 1. The molecule has 380 valence electrons. The fourth-order valence-electron chi connectivity index (χ4n) is 11.6. The van der Waals surface area contributed by atoms with Gasteiger partial charge in [-0.25, -0.2) is 37.1 Å². The maximum atomic E-state index is 16.8.